The topological polar surface area (TPSA) is 61.8 Å². The van der Waals surface area contributed by atoms with Gasteiger partial charge in [0.1, 0.15) is 6.10 Å². The molecule has 0 spiro atoms. The van der Waals surface area contributed by atoms with Crippen LogP contribution in [0, 0.1) is 6.92 Å². The average molecular weight is 302 g/mol. The zero-order valence-electron chi connectivity index (χ0n) is 12.3. The summed E-state index contributed by atoms with van der Waals surface area (Å²) in [7, 11) is -0.646. The lowest BCUT2D eigenvalue weighted by molar-refractivity contribution is -0.156. The molecule has 1 aromatic carbocycles. The molecule has 20 heavy (non-hydrogen) atoms. The van der Waals surface area contributed by atoms with Gasteiger partial charge in [0.25, 0.3) is 10.1 Å². The minimum absolute atomic E-state index is 0.489. The minimum atomic E-state index is -3.56. The number of benzene rings is 1. The van der Waals surface area contributed by atoms with Gasteiger partial charge >= 0.3 is 0 Å². The van der Waals surface area contributed by atoms with E-state index in [-0.39, 0.29) is 0 Å². The standard InChI is InChI=1S/C14H22O5S/c1-11-5-7-12(8-6-11)9-10-13(14(17-2)18-3)19-20(4,15)16/h5-8,13-14H,9-10H2,1-4H3. The second-order valence-electron chi connectivity index (χ2n) is 4.70. The van der Waals surface area contributed by atoms with Gasteiger partial charge in [-0.25, -0.2) is 0 Å². The van der Waals surface area contributed by atoms with E-state index in [1.54, 1.807) is 0 Å². The van der Waals surface area contributed by atoms with Gasteiger partial charge in [-0.2, -0.15) is 8.42 Å². The van der Waals surface area contributed by atoms with Gasteiger partial charge in [0, 0.05) is 14.2 Å². The second kappa shape index (κ2) is 7.73. The van der Waals surface area contributed by atoms with Crippen LogP contribution in [-0.4, -0.2) is 41.3 Å². The Morgan fingerprint density at radius 3 is 2.10 bits per heavy atom. The van der Waals surface area contributed by atoms with Gasteiger partial charge in [0.05, 0.1) is 6.26 Å². The van der Waals surface area contributed by atoms with E-state index in [1.165, 1.54) is 19.8 Å². The van der Waals surface area contributed by atoms with Crippen LogP contribution in [0.3, 0.4) is 0 Å². The van der Waals surface area contributed by atoms with Gasteiger partial charge in [0.15, 0.2) is 6.29 Å². The summed E-state index contributed by atoms with van der Waals surface area (Å²) in [4.78, 5) is 0. The molecular weight excluding hydrogens is 280 g/mol. The summed E-state index contributed by atoms with van der Waals surface area (Å²) in [6, 6.07) is 8.07. The van der Waals surface area contributed by atoms with E-state index in [1.807, 2.05) is 31.2 Å². The van der Waals surface area contributed by atoms with Crippen molar-refractivity contribution in [1.29, 1.82) is 0 Å². The smallest absolute Gasteiger partial charge is 0.264 e. The van der Waals surface area contributed by atoms with E-state index in [4.69, 9.17) is 13.7 Å². The van der Waals surface area contributed by atoms with Crippen LogP contribution in [0.2, 0.25) is 0 Å². The molecule has 6 heteroatoms. The van der Waals surface area contributed by atoms with Crippen molar-refractivity contribution in [3.05, 3.63) is 35.4 Å². The van der Waals surface area contributed by atoms with Crippen LogP contribution in [0.1, 0.15) is 17.5 Å². The highest BCUT2D eigenvalue weighted by molar-refractivity contribution is 7.86. The number of hydrogen-bond donors (Lipinski definition) is 0. The Balaban J connectivity index is 2.71. The zero-order valence-corrected chi connectivity index (χ0v) is 13.1. The van der Waals surface area contributed by atoms with E-state index in [0.29, 0.717) is 12.8 Å². The lowest BCUT2D eigenvalue weighted by atomic mass is 10.1. The molecule has 1 unspecified atom stereocenters. The average Bonchev–Trinajstić information content (AvgIpc) is 2.37. The predicted octanol–water partition coefficient (Wildman–Crippen LogP) is 1.89. The summed E-state index contributed by atoms with van der Waals surface area (Å²) >= 11 is 0. The highest BCUT2D eigenvalue weighted by Crippen LogP contribution is 2.15. The third-order valence-electron chi connectivity index (χ3n) is 2.90. The first-order valence-corrected chi connectivity index (χ1v) is 8.16. The molecule has 1 rings (SSSR count). The first-order chi connectivity index (χ1) is 9.35. The molecule has 114 valence electrons. The van der Waals surface area contributed by atoms with Crippen molar-refractivity contribution in [1.82, 2.24) is 0 Å². The molecule has 0 aromatic heterocycles. The maximum absolute atomic E-state index is 11.3. The van der Waals surface area contributed by atoms with Crippen molar-refractivity contribution >= 4 is 10.1 Å². The molecule has 0 heterocycles. The van der Waals surface area contributed by atoms with Crippen molar-refractivity contribution in [2.45, 2.75) is 32.2 Å². The Morgan fingerprint density at radius 2 is 1.65 bits per heavy atom. The highest BCUT2D eigenvalue weighted by atomic mass is 32.2. The van der Waals surface area contributed by atoms with Crippen molar-refractivity contribution in [3.8, 4) is 0 Å². The van der Waals surface area contributed by atoms with Crippen LogP contribution in [0.25, 0.3) is 0 Å². The van der Waals surface area contributed by atoms with Crippen LogP contribution >= 0.6 is 0 Å². The van der Waals surface area contributed by atoms with Gasteiger partial charge in [-0.1, -0.05) is 29.8 Å². The number of methoxy groups -OCH3 is 2. The molecule has 0 bridgehead atoms. The largest absolute Gasteiger partial charge is 0.353 e. The molecule has 1 atom stereocenters. The molecule has 0 aliphatic heterocycles. The van der Waals surface area contributed by atoms with Gasteiger partial charge in [-0.15, -0.1) is 0 Å². The Kier molecular flexibility index (Phi) is 6.61. The maximum atomic E-state index is 11.3. The molecule has 0 fully saturated rings. The maximum Gasteiger partial charge on any atom is 0.264 e. The molecule has 0 saturated carbocycles. The zero-order chi connectivity index (χ0) is 15.2. The minimum Gasteiger partial charge on any atom is -0.353 e. The monoisotopic (exact) mass is 302 g/mol. The number of aryl methyl sites for hydroxylation is 2. The van der Waals surface area contributed by atoms with Crippen LogP contribution in [0.15, 0.2) is 24.3 Å². The fourth-order valence-electron chi connectivity index (χ4n) is 1.92. The van der Waals surface area contributed by atoms with Gasteiger partial charge in [-0.05, 0) is 25.3 Å². The van der Waals surface area contributed by atoms with Crippen molar-refractivity contribution in [2.75, 3.05) is 20.5 Å². The summed E-state index contributed by atoms with van der Waals surface area (Å²) < 4.78 is 37.9. The SMILES string of the molecule is COC(OC)C(CCc1ccc(C)cc1)OS(C)(=O)=O. The summed E-state index contributed by atoms with van der Waals surface area (Å²) in [5.74, 6) is 0. The fraction of sp³-hybridized carbons (Fsp3) is 0.571. The Morgan fingerprint density at radius 1 is 1.10 bits per heavy atom. The summed E-state index contributed by atoms with van der Waals surface area (Å²) in [6.07, 6.45) is 0.817. The quantitative estimate of drug-likeness (QED) is 0.542. The number of rotatable bonds is 8. The van der Waals surface area contributed by atoms with Crippen LogP contribution in [-0.2, 0) is 30.2 Å². The molecule has 0 aliphatic rings. The summed E-state index contributed by atoms with van der Waals surface area (Å²) in [5, 5.41) is 0. The highest BCUT2D eigenvalue weighted by Gasteiger charge is 2.25. The van der Waals surface area contributed by atoms with Crippen molar-refractivity contribution in [3.63, 3.8) is 0 Å². The Labute approximate surface area is 121 Å². The fourth-order valence-corrected chi connectivity index (χ4v) is 2.55. The van der Waals surface area contributed by atoms with Crippen LogP contribution in [0.5, 0.6) is 0 Å². The molecule has 1 aromatic rings. The van der Waals surface area contributed by atoms with Gasteiger partial charge < -0.3 is 9.47 Å². The van der Waals surface area contributed by atoms with E-state index in [0.717, 1.165) is 11.8 Å². The third kappa shape index (κ3) is 6.00. The third-order valence-corrected chi connectivity index (χ3v) is 3.50. The van der Waals surface area contributed by atoms with Crippen LogP contribution in [0.4, 0.5) is 0 Å². The summed E-state index contributed by atoms with van der Waals surface area (Å²) in [6.45, 7) is 2.02. The van der Waals surface area contributed by atoms with E-state index in [2.05, 4.69) is 0 Å². The number of hydrogen-bond acceptors (Lipinski definition) is 5. The molecule has 0 saturated heterocycles. The molecule has 0 amide bonds. The Bertz CT molecular complexity index is 491. The van der Waals surface area contributed by atoms with Crippen molar-refractivity contribution in [2.24, 2.45) is 0 Å². The van der Waals surface area contributed by atoms with Crippen LogP contribution < -0.4 is 0 Å². The lowest BCUT2D eigenvalue weighted by Crippen LogP contribution is -2.34. The number of ether oxygens (including phenoxy) is 2. The Hall–Kier alpha value is -0.950. The first-order valence-electron chi connectivity index (χ1n) is 6.35. The predicted molar refractivity (Wildman–Crippen MR) is 77.0 cm³/mol. The summed E-state index contributed by atoms with van der Waals surface area (Å²) in [5.41, 5.74) is 2.30. The second-order valence-corrected chi connectivity index (χ2v) is 6.30. The normalized spacial score (nSPS) is 13.7. The van der Waals surface area contributed by atoms with E-state index >= 15 is 0 Å². The van der Waals surface area contributed by atoms with Gasteiger partial charge in [0.2, 0.25) is 0 Å². The molecular formula is C14H22O5S. The molecule has 0 radical (unpaired) electrons. The van der Waals surface area contributed by atoms with Gasteiger partial charge in [-0.3, -0.25) is 4.18 Å². The van der Waals surface area contributed by atoms with E-state index < -0.39 is 22.5 Å². The molecule has 0 aliphatic carbocycles. The van der Waals surface area contributed by atoms with E-state index in [9.17, 15) is 8.42 Å². The lowest BCUT2D eigenvalue weighted by Gasteiger charge is -2.23. The first kappa shape index (κ1) is 17.1. The molecule has 0 N–H and O–H groups in total. The van der Waals surface area contributed by atoms with Crippen molar-refractivity contribution < 1.29 is 22.1 Å². The molecule has 5 nitrogen and oxygen atoms in total.